The number of hydrogen-bond donors (Lipinski definition) is 1. The molecule has 1 N–H and O–H groups in total. The first-order valence-corrected chi connectivity index (χ1v) is 9.47. The highest BCUT2D eigenvalue weighted by molar-refractivity contribution is 5.85. The summed E-state index contributed by atoms with van der Waals surface area (Å²) in [6.45, 7) is 8.23. The molecule has 1 saturated heterocycles. The Morgan fingerprint density at radius 2 is 1.63 bits per heavy atom. The van der Waals surface area contributed by atoms with Gasteiger partial charge in [-0.05, 0) is 43.0 Å². The summed E-state index contributed by atoms with van der Waals surface area (Å²) in [6.07, 6.45) is 1.71. The van der Waals surface area contributed by atoms with Crippen LogP contribution >= 0.6 is 12.4 Å². The van der Waals surface area contributed by atoms with Gasteiger partial charge in [-0.15, -0.1) is 12.4 Å². The van der Waals surface area contributed by atoms with E-state index in [9.17, 15) is 5.11 Å². The van der Waals surface area contributed by atoms with Crippen molar-refractivity contribution in [3.63, 3.8) is 0 Å². The van der Waals surface area contributed by atoms with Crippen LogP contribution in [0.5, 0.6) is 5.75 Å². The second kappa shape index (κ2) is 8.64. The zero-order chi connectivity index (χ0) is 18.8. The Morgan fingerprint density at radius 3 is 2.22 bits per heavy atom. The highest BCUT2D eigenvalue weighted by atomic mass is 35.5. The molecule has 1 fully saturated rings. The Balaban J connectivity index is 0.00000261. The van der Waals surface area contributed by atoms with Crippen LogP contribution in [0.15, 0.2) is 54.6 Å². The van der Waals surface area contributed by atoms with E-state index in [1.54, 1.807) is 7.11 Å². The van der Waals surface area contributed by atoms with Crippen LogP contribution in [0, 0.1) is 5.41 Å². The Morgan fingerprint density at radius 1 is 1.00 bits per heavy atom. The van der Waals surface area contributed by atoms with E-state index in [4.69, 9.17) is 4.74 Å². The monoisotopic (exact) mass is 389 g/mol. The largest absolute Gasteiger partial charge is 0.497 e. The number of piperidine rings is 1. The number of halogens is 1. The molecule has 3 nitrogen and oxygen atoms in total. The molecule has 0 aromatic heterocycles. The Kier molecular flexibility index (Phi) is 6.96. The quantitative estimate of drug-likeness (QED) is 0.803. The van der Waals surface area contributed by atoms with Crippen molar-refractivity contribution in [2.24, 2.45) is 5.41 Å². The molecule has 4 heteroatoms. The normalized spacial score (nSPS) is 24.9. The Hall–Kier alpha value is -1.55. The lowest BCUT2D eigenvalue weighted by atomic mass is 9.64. The van der Waals surface area contributed by atoms with E-state index in [0.717, 1.165) is 31.7 Å². The van der Waals surface area contributed by atoms with Crippen molar-refractivity contribution < 1.29 is 9.84 Å². The number of rotatable bonds is 5. The fourth-order valence-electron chi connectivity index (χ4n) is 4.03. The molecule has 0 amide bonds. The maximum atomic E-state index is 11.1. The average molecular weight is 390 g/mol. The lowest BCUT2D eigenvalue weighted by Gasteiger charge is -2.55. The molecule has 2 aromatic rings. The van der Waals surface area contributed by atoms with Crippen molar-refractivity contribution in [1.29, 1.82) is 0 Å². The third-order valence-corrected chi connectivity index (χ3v) is 6.36. The standard InChI is InChI=1S/C23H31NO2.ClH/c1-22(2)21(16-18-10-12-20(26-4)13-11-18)24(15-14-23(22,3)25)17-19-8-6-5-7-9-19;/h5-13,21,25H,14-17H2,1-4H3;1H. The topological polar surface area (TPSA) is 32.7 Å². The molecule has 0 radical (unpaired) electrons. The third-order valence-electron chi connectivity index (χ3n) is 6.36. The van der Waals surface area contributed by atoms with E-state index in [2.05, 4.69) is 61.2 Å². The summed E-state index contributed by atoms with van der Waals surface area (Å²) in [5.41, 5.74) is 1.72. The molecule has 3 rings (SSSR count). The van der Waals surface area contributed by atoms with Gasteiger partial charge < -0.3 is 9.84 Å². The lowest BCUT2D eigenvalue weighted by Crippen LogP contribution is -2.62. The van der Waals surface area contributed by atoms with Crippen LogP contribution in [0.2, 0.25) is 0 Å². The van der Waals surface area contributed by atoms with Crippen molar-refractivity contribution in [2.45, 2.75) is 51.8 Å². The number of methoxy groups -OCH3 is 1. The molecule has 27 heavy (non-hydrogen) atoms. The molecule has 1 heterocycles. The number of benzene rings is 2. The molecule has 2 atom stereocenters. The van der Waals surface area contributed by atoms with Crippen LogP contribution in [0.25, 0.3) is 0 Å². The summed E-state index contributed by atoms with van der Waals surface area (Å²) in [5, 5.41) is 11.1. The SMILES string of the molecule is COc1ccc(CC2N(Cc3ccccc3)CCC(C)(O)C2(C)C)cc1.Cl. The Bertz CT molecular complexity index is 713. The highest BCUT2D eigenvalue weighted by Crippen LogP contribution is 2.44. The molecule has 148 valence electrons. The Labute approximate surface area is 169 Å². The minimum absolute atomic E-state index is 0. The summed E-state index contributed by atoms with van der Waals surface area (Å²) in [5.74, 6) is 0.879. The zero-order valence-electron chi connectivity index (χ0n) is 16.8. The van der Waals surface area contributed by atoms with E-state index in [1.807, 2.05) is 19.1 Å². The maximum absolute atomic E-state index is 11.1. The summed E-state index contributed by atoms with van der Waals surface area (Å²) in [7, 11) is 1.69. The number of ether oxygens (including phenoxy) is 1. The summed E-state index contributed by atoms with van der Waals surface area (Å²) in [4.78, 5) is 2.54. The van der Waals surface area contributed by atoms with Gasteiger partial charge in [0.2, 0.25) is 0 Å². The zero-order valence-corrected chi connectivity index (χ0v) is 17.6. The summed E-state index contributed by atoms with van der Waals surface area (Å²) in [6, 6.07) is 19.2. The van der Waals surface area contributed by atoms with E-state index >= 15 is 0 Å². The van der Waals surface area contributed by atoms with E-state index in [1.165, 1.54) is 11.1 Å². The van der Waals surface area contributed by atoms with Crippen LogP contribution in [0.1, 0.15) is 38.3 Å². The smallest absolute Gasteiger partial charge is 0.118 e. The molecule has 2 unspecified atom stereocenters. The third kappa shape index (κ3) is 4.66. The van der Waals surface area contributed by atoms with Gasteiger partial charge in [-0.3, -0.25) is 4.90 Å². The maximum Gasteiger partial charge on any atom is 0.118 e. The minimum Gasteiger partial charge on any atom is -0.497 e. The van der Waals surface area contributed by atoms with Crippen molar-refractivity contribution in [3.8, 4) is 5.75 Å². The predicted octanol–water partition coefficient (Wildman–Crippen LogP) is 4.71. The molecular weight excluding hydrogens is 358 g/mol. The first kappa shape index (κ1) is 21.7. The first-order chi connectivity index (χ1) is 12.3. The minimum atomic E-state index is -0.669. The van der Waals surface area contributed by atoms with Crippen LogP contribution in [-0.4, -0.2) is 35.3 Å². The van der Waals surface area contributed by atoms with Crippen molar-refractivity contribution >= 4 is 12.4 Å². The predicted molar refractivity (Wildman–Crippen MR) is 114 cm³/mol. The second-order valence-corrected chi connectivity index (χ2v) is 8.27. The van der Waals surface area contributed by atoms with E-state index in [0.29, 0.717) is 0 Å². The summed E-state index contributed by atoms with van der Waals surface area (Å²) < 4.78 is 5.28. The lowest BCUT2D eigenvalue weighted by molar-refractivity contribution is -0.140. The molecule has 1 aliphatic rings. The summed E-state index contributed by atoms with van der Waals surface area (Å²) >= 11 is 0. The average Bonchev–Trinajstić information content (AvgIpc) is 2.63. The van der Waals surface area contributed by atoms with Crippen LogP contribution in [-0.2, 0) is 13.0 Å². The van der Waals surface area contributed by atoms with Gasteiger partial charge in [0, 0.05) is 24.5 Å². The highest BCUT2D eigenvalue weighted by Gasteiger charge is 2.50. The molecule has 0 saturated carbocycles. The fraction of sp³-hybridized carbons (Fsp3) is 0.478. The number of aliphatic hydroxyl groups is 1. The fourth-order valence-corrected chi connectivity index (χ4v) is 4.03. The molecule has 0 bridgehead atoms. The van der Waals surface area contributed by atoms with E-state index in [-0.39, 0.29) is 23.9 Å². The number of hydrogen-bond acceptors (Lipinski definition) is 3. The van der Waals surface area contributed by atoms with Crippen molar-refractivity contribution in [2.75, 3.05) is 13.7 Å². The van der Waals surface area contributed by atoms with E-state index < -0.39 is 5.60 Å². The molecular formula is C23H32ClNO2. The first-order valence-electron chi connectivity index (χ1n) is 9.47. The molecule has 2 aromatic carbocycles. The van der Waals surface area contributed by atoms with Gasteiger partial charge in [0.05, 0.1) is 12.7 Å². The number of nitrogens with zero attached hydrogens (tertiary/aromatic N) is 1. The van der Waals surface area contributed by atoms with Gasteiger partial charge in [-0.1, -0.05) is 56.3 Å². The molecule has 1 aliphatic heterocycles. The van der Waals surface area contributed by atoms with Crippen LogP contribution in [0.4, 0.5) is 0 Å². The van der Waals surface area contributed by atoms with Gasteiger partial charge in [-0.2, -0.15) is 0 Å². The van der Waals surface area contributed by atoms with Gasteiger partial charge in [-0.25, -0.2) is 0 Å². The molecule has 0 aliphatic carbocycles. The van der Waals surface area contributed by atoms with Crippen LogP contribution < -0.4 is 4.74 Å². The van der Waals surface area contributed by atoms with Crippen molar-refractivity contribution in [1.82, 2.24) is 4.90 Å². The second-order valence-electron chi connectivity index (χ2n) is 8.27. The van der Waals surface area contributed by atoms with Gasteiger partial charge >= 0.3 is 0 Å². The van der Waals surface area contributed by atoms with Gasteiger partial charge in [0.1, 0.15) is 5.75 Å². The molecule has 0 spiro atoms. The van der Waals surface area contributed by atoms with Crippen molar-refractivity contribution in [3.05, 3.63) is 65.7 Å². The van der Waals surface area contributed by atoms with Gasteiger partial charge in [0.25, 0.3) is 0 Å². The van der Waals surface area contributed by atoms with Gasteiger partial charge in [0.15, 0.2) is 0 Å². The number of likely N-dealkylation sites (tertiary alicyclic amines) is 1. The van der Waals surface area contributed by atoms with Crippen LogP contribution in [0.3, 0.4) is 0 Å².